The summed E-state index contributed by atoms with van der Waals surface area (Å²) in [7, 11) is 0. The molecule has 5 N–H and O–H groups in total. The quantitative estimate of drug-likeness (QED) is 0.337. The first-order valence-electron chi connectivity index (χ1n) is 10.2. The second kappa shape index (κ2) is 10.3. The van der Waals surface area contributed by atoms with E-state index in [0.29, 0.717) is 6.42 Å². The van der Waals surface area contributed by atoms with Crippen LogP contribution in [0.5, 0.6) is 0 Å². The van der Waals surface area contributed by atoms with Crippen molar-refractivity contribution in [1.82, 2.24) is 5.32 Å². The third-order valence-corrected chi connectivity index (χ3v) is 4.53. The molecule has 0 heterocycles. The van der Waals surface area contributed by atoms with Crippen molar-refractivity contribution in [3.63, 3.8) is 0 Å². The lowest BCUT2D eigenvalue weighted by Crippen LogP contribution is -2.47. The van der Waals surface area contributed by atoms with Crippen LogP contribution in [-0.4, -0.2) is 52.6 Å². The molecular formula is C22H29N3O7. The van der Waals surface area contributed by atoms with Crippen LogP contribution in [0.15, 0.2) is 39.9 Å². The summed E-state index contributed by atoms with van der Waals surface area (Å²) in [6.07, 6.45) is -1.52. The van der Waals surface area contributed by atoms with E-state index in [9.17, 15) is 29.4 Å². The Bertz CT molecular complexity index is 1000. The second-order valence-corrected chi connectivity index (χ2v) is 8.52. The Morgan fingerprint density at radius 3 is 2.19 bits per heavy atom. The predicted molar refractivity (Wildman–Crippen MR) is 120 cm³/mol. The summed E-state index contributed by atoms with van der Waals surface area (Å²) in [6.45, 7) is 6.53. The fraction of sp³-hybridized carbons (Fsp3) is 0.455. The van der Waals surface area contributed by atoms with Crippen molar-refractivity contribution in [2.45, 2.75) is 57.9 Å². The Hall–Kier alpha value is -3.40. The Morgan fingerprint density at radius 2 is 1.66 bits per heavy atom. The van der Waals surface area contributed by atoms with Crippen LogP contribution in [0.3, 0.4) is 0 Å². The standard InChI is InChI=1S/C22H29N3O7/c1-12(26)15(20(29)30)25-17-16(18(27)19(17)28)23-11-14(10-13-8-6-5-7-9-13)24-21(31)32-22(2,3)4/h5-9,12,14-15,23,25-26H,10-11H2,1-4H3,(H,24,31)(H,29,30)/t12-,14-,15-/m0/s1. The van der Waals surface area contributed by atoms with Gasteiger partial charge in [-0.15, -0.1) is 0 Å². The van der Waals surface area contributed by atoms with E-state index in [1.54, 1.807) is 20.8 Å². The van der Waals surface area contributed by atoms with Crippen molar-refractivity contribution in [2.75, 3.05) is 17.2 Å². The van der Waals surface area contributed by atoms with Crippen molar-refractivity contribution >= 4 is 23.4 Å². The lowest BCUT2D eigenvalue weighted by Gasteiger charge is -2.25. The molecule has 10 heteroatoms. The highest BCUT2D eigenvalue weighted by Gasteiger charge is 2.30. The molecule has 0 bridgehead atoms. The number of carboxylic acids is 1. The molecule has 1 amide bonds. The van der Waals surface area contributed by atoms with Gasteiger partial charge in [0.05, 0.1) is 12.1 Å². The maximum absolute atomic E-state index is 12.3. The van der Waals surface area contributed by atoms with Gasteiger partial charge in [-0.05, 0) is 39.7 Å². The highest BCUT2D eigenvalue weighted by molar-refractivity contribution is 5.82. The van der Waals surface area contributed by atoms with E-state index in [1.807, 2.05) is 30.3 Å². The molecule has 0 radical (unpaired) electrons. The molecule has 0 fully saturated rings. The van der Waals surface area contributed by atoms with Crippen molar-refractivity contribution in [2.24, 2.45) is 0 Å². The molecule has 2 rings (SSSR count). The molecule has 0 aliphatic heterocycles. The lowest BCUT2D eigenvalue weighted by atomic mass is 10.1. The highest BCUT2D eigenvalue weighted by Crippen LogP contribution is 2.17. The molecule has 0 saturated carbocycles. The zero-order chi connectivity index (χ0) is 24.1. The Kier molecular flexibility index (Phi) is 7.98. The fourth-order valence-corrected chi connectivity index (χ4v) is 3.01. The number of aliphatic hydroxyl groups is 1. The Labute approximate surface area is 185 Å². The van der Waals surface area contributed by atoms with Gasteiger partial charge in [-0.1, -0.05) is 30.3 Å². The second-order valence-electron chi connectivity index (χ2n) is 8.52. The third-order valence-electron chi connectivity index (χ3n) is 4.53. The first kappa shape index (κ1) is 24.9. The number of aliphatic hydroxyl groups excluding tert-OH is 1. The normalized spacial score (nSPS) is 14.3. The molecule has 0 saturated heterocycles. The highest BCUT2D eigenvalue weighted by atomic mass is 16.6. The fourth-order valence-electron chi connectivity index (χ4n) is 3.01. The van der Waals surface area contributed by atoms with Crippen molar-refractivity contribution in [3.8, 4) is 0 Å². The van der Waals surface area contributed by atoms with Gasteiger partial charge in [-0.2, -0.15) is 0 Å². The topological polar surface area (TPSA) is 154 Å². The van der Waals surface area contributed by atoms with Gasteiger partial charge < -0.3 is 30.9 Å². The van der Waals surface area contributed by atoms with Crippen LogP contribution in [-0.2, 0) is 16.0 Å². The molecule has 10 nitrogen and oxygen atoms in total. The summed E-state index contributed by atoms with van der Waals surface area (Å²) < 4.78 is 5.30. The number of hydrogen-bond donors (Lipinski definition) is 5. The zero-order valence-electron chi connectivity index (χ0n) is 18.5. The smallest absolute Gasteiger partial charge is 0.407 e. The molecule has 2 aromatic rings. The number of benzene rings is 1. The number of hydrogen-bond acceptors (Lipinski definition) is 8. The van der Waals surface area contributed by atoms with Gasteiger partial charge in [-0.3, -0.25) is 9.59 Å². The van der Waals surface area contributed by atoms with E-state index in [0.717, 1.165) is 5.56 Å². The lowest BCUT2D eigenvalue weighted by molar-refractivity contribution is -0.140. The summed E-state index contributed by atoms with van der Waals surface area (Å²) in [5.74, 6) is -1.37. The average Bonchev–Trinajstić information content (AvgIpc) is 2.68. The van der Waals surface area contributed by atoms with Crippen LogP contribution >= 0.6 is 0 Å². The summed E-state index contributed by atoms with van der Waals surface area (Å²) >= 11 is 0. The maximum Gasteiger partial charge on any atom is 0.407 e. The van der Waals surface area contributed by atoms with E-state index in [2.05, 4.69) is 16.0 Å². The van der Waals surface area contributed by atoms with Gasteiger partial charge in [0, 0.05) is 6.54 Å². The Balaban J connectivity index is 2.16. The van der Waals surface area contributed by atoms with E-state index in [-0.39, 0.29) is 17.9 Å². The number of alkyl carbamates (subject to hydrolysis) is 1. The van der Waals surface area contributed by atoms with Crippen LogP contribution in [0.2, 0.25) is 0 Å². The maximum atomic E-state index is 12.3. The summed E-state index contributed by atoms with van der Waals surface area (Å²) in [5, 5.41) is 26.8. The van der Waals surface area contributed by atoms with E-state index in [1.165, 1.54) is 6.92 Å². The summed E-state index contributed by atoms with van der Waals surface area (Å²) in [5.41, 5.74) is -1.75. The number of ether oxygens (including phenoxy) is 1. The molecule has 0 aromatic heterocycles. The molecule has 0 spiro atoms. The molecule has 0 unspecified atom stereocenters. The number of anilines is 2. The van der Waals surface area contributed by atoms with Crippen molar-refractivity contribution < 1.29 is 24.5 Å². The molecule has 2 aromatic carbocycles. The van der Waals surface area contributed by atoms with Gasteiger partial charge in [-0.25, -0.2) is 9.59 Å². The van der Waals surface area contributed by atoms with Gasteiger partial charge in [0.15, 0.2) is 6.04 Å². The van der Waals surface area contributed by atoms with Crippen molar-refractivity contribution in [3.05, 3.63) is 56.3 Å². The largest absolute Gasteiger partial charge is 0.480 e. The summed E-state index contributed by atoms with van der Waals surface area (Å²) in [4.78, 5) is 47.5. The number of carboxylic acid groups (broad SMARTS) is 1. The van der Waals surface area contributed by atoms with Crippen LogP contribution in [0.25, 0.3) is 0 Å². The van der Waals surface area contributed by atoms with E-state index in [4.69, 9.17) is 4.74 Å². The monoisotopic (exact) mass is 447 g/mol. The molecule has 0 aliphatic rings. The number of rotatable bonds is 10. The summed E-state index contributed by atoms with van der Waals surface area (Å²) in [6, 6.07) is 7.38. The minimum absolute atomic E-state index is 0.0695. The van der Waals surface area contributed by atoms with Gasteiger partial charge >= 0.3 is 12.1 Å². The first-order valence-corrected chi connectivity index (χ1v) is 10.2. The van der Waals surface area contributed by atoms with Gasteiger partial charge in [0.1, 0.15) is 17.0 Å². The molecule has 0 aliphatic carbocycles. The molecule has 174 valence electrons. The SMILES string of the molecule is C[C@H](O)[C@H](Nc1c(NC[C@H](Cc2ccccc2)NC(=O)OC(C)(C)C)c(=O)c1=O)C(=O)O. The Morgan fingerprint density at radius 1 is 1.06 bits per heavy atom. The predicted octanol–water partition coefficient (Wildman–Crippen LogP) is 1.08. The number of carbonyl (C=O) groups is 2. The average molecular weight is 447 g/mol. The van der Waals surface area contributed by atoms with Crippen LogP contribution < -0.4 is 26.8 Å². The van der Waals surface area contributed by atoms with Crippen LogP contribution in [0, 0.1) is 0 Å². The van der Waals surface area contributed by atoms with Crippen molar-refractivity contribution in [1.29, 1.82) is 0 Å². The zero-order valence-corrected chi connectivity index (χ0v) is 18.5. The molecule has 32 heavy (non-hydrogen) atoms. The van der Waals surface area contributed by atoms with E-state index >= 15 is 0 Å². The first-order chi connectivity index (χ1) is 14.9. The van der Waals surface area contributed by atoms with E-state index < -0.39 is 46.7 Å². The van der Waals surface area contributed by atoms with Crippen LogP contribution in [0.4, 0.5) is 16.2 Å². The number of carbonyl (C=O) groups excluding carboxylic acids is 1. The van der Waals surface area contributed by atoms with Gasteiger partial charge in [0.25, 0.3) is 10.9 Å². The number of amides is 1. The third kappa shape index (κ3) is 6.81. The molecular weight excluding hydrogens is 418 g/mol. The minimum Gasteiger partial charge on any atom is -0.480 e. The number of nitrogens with one attached hydrogen (secondary N) is 3. The molecule has 3 atom stereocenters. The van der Waals surface area contributed by atoms with Crippen LogP contribution in [0.1, 0.15) is 33.3 Å². The van der Waals surface area contributed by atoms with Gasteiger partial charge in [0.2, 0.25) is 0 Å². The minimum atomic E-state index is -1.46. The number of aliphatic carboxylic acids is 1.